The van der Waals surface area contributed by atoms with Crippen molar-refractivity contribution in [1.29, 1.82) is 0 Å². The number of benzene rings is 2. The third kappa shape index (κ3) is 2.83. The molecule has 0 radical (unpaired) electrons. The maximum absolute atomic E-state index is 12.7. The number of ether oxygens (including phenoxy) is 1. The maximum Gasteiger partial charge on any atom is 0.288 e. The molecule has 0 saturated heterocycles. The van der Waals surface area contributed by atoms with Crippen LogP contribution in [0, 0.1) is 0 Å². The number of methoxy groups -OCH3 is 1. The summed E-state index contributed by atoms with van der Waals surface area (Å²) in [5, 5.41) is 22.1. The Labute approximate surface area is 171 Å². The lowest BCUT2D eigenvalue weighted by atomic mass is 9.92. The van der Waals surface area contributed by atoms with Crippen molar-refractivity contribution in [3.63, 3.8) is 0 Å². The number of tetrazole rings is 1. The molecular formula is C21H19N7O2. The van der Waals surface area contributed by atoms with Crippen molar-refractivity contribution < 1.29 is 4.74 Å². The summed E-state index contributed by atoms with van der Waals surface area (Å²) in [6.07, 6.45) is 0.940. The Balaban J connectivity index is 1.78. The van der Waals surface area contributed by atoms with Crippen molar-refractivity contribution in [3.05, 3.63) is 75.6 Å². The predicted octanol–water partition coefficient (Wildman–Crippen LogP) is 2.69. The second-order valence-corrected chi connectivity index (χ2v) is 6.99. The number of H-pyrrole nitrogens is 1. The van der Waals surface area contributed by atoms with Crippen LogP contribution in [0.4, 0.5) is 11.6 Å². The second-order valence-electron chi connectivity index (χ2n) is 6.99. The fourth-order valence-corrected chi connectivity index (χ4v) is 3.77. The van der Waals surface area contributed by atoms with Gasteiger partial charge in [0.1, 0.15) is 17.5 Å². The van der Waals surface area contributed by atoms with E-state index in [0.29, 0.717) is 28.6 Å². The SMILES string of the molecule is CCc1ccc(C2c3c(-c4cccc(OC)c4)n[nH]c(=O)c3Nc3nnnn32)cc1. The molecule has 1 aliphatic rings. The molecule has 0 saturated carbocycles. The zero-order chi connectivity index (χ0) is 20.7. The minimum atomic E-state index is -0.409. The monoisotopic (exact) mass is 401 g/mol. The van der Waals surface area contributed by atoms with Crippen molar-refractivity contribution in [1.82, 2.24) is 30.4 Å². The van der Waals surface area contributed by atoms with Gasteiger partial charge in [-0.2, -0.15) is 9.78 Å². The van der Waals surface area contributed by atoms with E-state index in [1.54, 1.807) is 11.8 Å². The van der Waals surface area contributed by atoms with Crippen molar-refractivity contribution in [2.75, 3.05) is 12.4 Å². The molecule has 2 aromatic heterocycles. The molecule has 150 valence electrons. The first kappa shape index (κ1) is 18.0. The van der Waals surface area contributed by atoms with Gasteiger partial charge < -0.3 is 10.1 Å². The van der Waals surface area contributed by atoms with Crippen LogP contribution in [0.5, 0.6) is 5.75 Å². The van der Waals surface area contributed by atoms with E-state index in [4.69, 9.17) is 4.74 Å². The first-order valence-corrected chi connectivity index (χ1v) is 9.60. The normalized spacial score (nSPS) is 14.5. The molecule has 0 spiro atoms. The van der Waals surface area contributed by atoms with Crippen LogP contribution in [0.1, 0.15) is 29.7 Å². The number of aromatic amines is 1. The van der Waals surface area contributed by atoms with Crippen LogP contribution in [-0.2, 0) is 6.42 Å². The molecule has 0 bridgehead atoms. The Kier molecular flexibility index (Phi) is 4.27. The van der Waals surface area contributed by atoms with Gasteiger partial charge in [-0.3, -0.25) is 4.79 Å². The summed E-state index contributed by atoms with van der Waals surface area (Å²) >= 11 is 0. The average molecular weight is 401 g/mol. The summed E-state index contributed by atoms with van der Waals surface area (Å²) in [4.78, 5) is 12.7. The first-order valence-electron chi connectivity index (χ1n) is 9.60. The van der Waals surface area contributed by atoms with E-state index >= 15 is 0 Å². The van der Waals surface area contributed by atoms with Gasteiger partial charge in [-0.1, -0.05) is 48.4 Å². The van der Waals surface area contributed by atoms with Crippen LogP contribution in [0.3, 0.4) is 0 Å². The minimum absolute atomic E-state index is 0.332. The molecule has 9 nitrogen and oxygen atoms in total. The van der Waals surface area contributed by atoms with Gasteiger partial charge >= 0.3 is 0 Å². The number of aromatic nitrogens is 6. The smallest absolute Gasteiger partial charge is 0.288 e. The molecule has 5 rings (SSSR count). The summed E-state index contributed by atoms with van der Waals surface area (Å²) < 4.78 is 7.05. The molecule has 0 fully saturated rings. The van der Waals surface area contributed by atoms with Gasteiger partial charge in [0.15, 0.2) is 0 Å². The van der Waals surface area contributed by atoms with Crippen LogP contribution in [0.25, 0.3) is 11.3 Å². The van der Waals surface area contributed by atoms with Crippen LogP contribution in [0.2, 0.25) is 0 Å². The van der Waals surface area contributed by atoms with Gasteiger partial charge in [-0.15, -0.1) is 0 Å². The van der Waals surface area contributed by atoms with Gasteiger partial charge in [0.05, 0.1) is 12.8 Å². The fourth-order valence-electron chi connectivity index (χ4n) is 3.77. The highest BCUT2D eigenvalue weighted by molar-refractivity contribution is 5.76. The molecule has 9 heteroatoms. The molecule has 1 unspecified atom stereocenters. The van der Waals surface area contributed by atoms with E-state index in [9.17, 15) is 4.79 Å². The molecular weight excluding hydrogens is 382 g/mol. The third-order valence-corrected chi connectivity index (χ3v) is 5.32. The van der Waals surface area contributed by atoms with Crippen molar-refractivity contribution in [2.45, 2.75) is 19.4 Å². The van der Waals surface area contributed by atoms with Gasteiger partial charge in [0, 0.05) is 11.1 Å². The molecule has 30 heavy (non-hydrogen) atoms. The zero-order valence-electron chi connectivity index (χ0n) is 16.5. The number of hydrogen-bond donors (Lipinski definition) is 2. The molecule has 0 aliphatic carbocycles. The summed E-state index contributed by atoms with van der Waals surface area (Å²) in [7, 11) is 1.61. The fraction of sp³-hybridized carbons (Fsp3) is 0.190. The highest BCUT2D eigenvalue weighted by atomic mass is 16.5. The van der Waals surface area contributed by atoms with E-state index in [1.807, 2.05) is 36.4 Å². The van der Waals surface area contributed by atoms with Crippen molar-refractivity contribution in [3.8, 4) is 17.0 Å². The van der Waals surface area contributed by atoms with Crippen molar-refractivity contribution >= 4 is 11.6 Å². The highest BCUT2D eigenvalue weighted by Crippen LogP contribution is 2.41. The van der Waals surface area contributed by atoms with Gasteiger partial charge in [0.25, 0.3) is 5.56 Å². The third-order valence-electron chi connectivity index (χ3n) is 5.32. The van der Waals surface area contributed by atoms with Crippen LogP contribution in [0.15, 0.2) is 53.3 Å². The highest BCUT2D eigenvalue weighted by Gasteiger charge is 2.34. The lowest BCUT2D eigenvalue weighted by Gasteiger charge is -2.28. The van der Waals surface area contributed by atoms with Crippen LogP contribution < -0.4 is 15.6 Å². The number of anilines is 2. The molecule has 2 aromatic carbocycles. The van der Waals surface area contributed by atoms with Crippen molar-refractivity contribution in [2.24, 2.45) is 0 Å². The lowest BCUT2D eigenvalue weighted by Crippen LogP contribution is -2.29. The van der Waals surface area contributed by atoms with E-state index in [-0.39, 0.29) is 5.56 Å². The van der Waals surface area contributed by atoms with E-state index in [0.717, 1.165) is 17.5 Å². The molecule has 4 aromatic rings. The lowest BCUT2D eigenvalue weighted by molar-refractivity contribution is 0.415. The van der Waals surface area contributed by atoms with E-state index in [2.05, 4.69) is 50.1 Å². The van der Waals surface area contributed by atoms with Crippen LogP contribution in [-0.4, -0.2) is 37.5 Å². The summed E-state index contributed by atoms with van der Waals surface area (Å²) in [6.45, 7) is 2.11. The molecule has 0 amide bonds. The topological polar surface area (TPSA) is 111 Å². The van der Waals surface area contributed by atoms with E-state index < -0.39 is 6.04 Å². The molecule has 1 atom stereocenters. The number of hydrogen-bond acceptors (Lipinski definition) is 7. The van der Waals surface area contributed by atoms with E-state index in [1.165, 1.54) is 5.56 Å². The maximum atomic E-state index is 12.7. The van der Waals surface area contributed by atoms with Gasteiger partial charge in [-0.25, -0.2) is 5.10 Å². The number of rotatable bonds is 4. The average Bonchev–Trinajstić information content (AvgIpc) is 3.27. The summed E-state index contributed by atoms with van der Waals surface area (Å²) in [6, 6.07) is 15.4. The molecule has 1 aliphatic heterocycles. The zero-order valence-corrected chi connectivity index (χ0v) is 16.5. The minimum Gasteiger partial charge on any atom is -0.497 e. The largest absolute Gasteiger partial charge is 0.497 e. The molecule has 2 N–H and O–H groups in total. The number of nitrogens with zero attached hydrogens (tertiary/aromatic N) is 5. The first-order chi connectivity index (χ1) is 14.7. The van der Waals surface area contributed by atoms with Gasteiger partial charge in [0.2, 0.25) is 5.95 Å². The summed E-state index contributed by atoms with van der Waals surface area (Å²) in [5.74, 6) is 1.10. The van der Waals surface area contributed by atoms with Crippen LogP contribution >= 0.6 is 0 Å². The second kappa shape index (κ2) is 7.11. The summed E-state index contributed by atoms with van der Waals surface area (Å²) in [5.41, 5.74) is 4.38. The number of aryl methyl sites for hydroxylation is 1. The Bertz CT molecular complexity index is 1280. The number of nitrogens with one attached hydrogen (secondary N) is 2. The quantitative estimate of drug-likeness (QED) is 0.476. The Morgan fingerprint density at radius 2 is 2.00 bits per heavy atom. The standard InChI is InChI=1S/C21H19N7O2/c1-3-12-7-9-13(10-8-12)19-16-17(14-5-4-6-15(11-14)30-2)23-24-20(29)18(16)22-21-25-26-27-28(19)21/h4-11,19H,3H2,1-2H3,(H,24,29)(H,22,25,27). The van der Waals surface area contributed by atoms with Gasteiger partial charge in [-0.05, 0) is 40.1 Å². The number of fused-ring (bicyclic) bond motifs is 2. The Hall–Kier alpha value is -4.01. The Morgan fingerprint density at radius 3 is 2.77 bits per heavy atom. The predicted molar refractivity (Wildman–Crippen MR) is 111 cm³/mol. The Morgan fingerprint density at radius 1 is 1.17 bits per heavy atom. The molecule has 3 heterocycles.